The van der Waals surface area contributed by atoms with Crippen LogP contribution in [0.4, 0.5) is 5.69 Å². The summed E-state index contributed by atoms with van der Waals surface area (Å²) in [6, 6.07) is 18.2. The van der Waals surface area contributed by atoms with Crippen molar-refractivity contribution in [3.8, 4) is 0 Å². The molecule has 0 fully saturated rings. The van der Waals surface area contributed by atoms with Gasteiger partial charge in [-0.15, -0.1) is 0 Å². The normalized spacial score (nSPS) is 14.3. The van der Waals surface area contributed by atoms with Crippen LogP contribution in [0, 0.1) is 0 Å². The van der Waals surface area contributed by atoms with Crippen molar-refractivity contribution in [2.45, 2.75) is 6.92 Å². The van der Waals surface area contributed by atoms with E-state index < -0.39 is 0 Å². The average Bonchev–Trinajstić information content (AvgIpc) is 2.58. The first-order valence-corrected chi connectivity index (χ1v) is 6.22. The minimum atomic E-state index is 0.523. The molecule has 0 atom stereocenters. The Morgan fingerprint density at radius 2 is 1.63 bits per heavy atom. The van der Waals surface area contributed by atoms with Gasteiger partial charge in [0.05, 0.1) is 11.4 Å². The van der Waals surface area contributed by atoms with Gasteiger partial charge < -0.3 is 11.1 Å². The third kappa shape index (κ3) is 2.10. The SMILES string of the molecule is CC1=C(N)N=C(c2ccccc2)c2ccccc2N1. The minimum Gasteiger partial charge on any atom is -0.382 e. The van der Waals surface area contributed by atoms with Crippen molar-refractivity contribution in [3.63, 3.8) is 0 Å². The fraction of sp³-hybridized carbons (Fsp3) is 0.0625. The quantitative estimate of drug-likeness (QED) is 0.816. The van der Waals surface area contributed by atoms with Crippen LogP contribution >= 0.6 is 0 Å². The van der Waals surface area contributed by atoms with Crippen LogP contribution in [-0.2, 0) is 0 Å². The van der Waals surface area contributed by atoms with Gasteiger partial charge in [0.1, 0.15) is 5.82 Å². The Morgan fingerprint density at radius 3 is 2.42 bits per heavy atom. The molecule has 1 aliphatic heterocycles. The molecule has 3 N–H and O–H groups in total. The van der Waals surface area contributed by atoms with E-state index in [4.69, 9.17) is 5.73 Å². The minimum absolute atomic E-state index is 0.523. The van der Waals surface area contributed by atoms with E-state index in [0.29, 0.717) is 5.82 Å². The molecule has 94 valence electrons. The van der Waals surface area contributed by atoms with E-state index >= 15 is 0 Å². The van der Waals surface area contributed by atoms with E-state index in [1.54, 1.807) is 0 Å². The second kappa shape index (κ2) is 4.61. The van der Waals surface area contributed by atoms with Gasteiger partial charge in [-0.3, -0.25) is 0 Å². The Balaban J connectivity index is 2.24. The van der Waals surface area contributed by atoms with Gasteiger partial charge in [-0.1, -0.05) is 48.5 Å². The van der Waals surface area contributed by atoms with Gasteiger partial charge in [0, 0.05) is 16.8 Å². The first-order chi connectivity index (χ1) is 9.25. The molecule has 19 heavy (non-hydrogen) atoms. The summed E-state index contributed by atoms with van der Waals surface area (Å²) in [6.07, 6.45) is 0. The molecule has 0 amide bonds. The van der Waals surface area contributed by atoms with Gasteiger partial charge in [-0.2, -0.15) is 0 Å². The summed E-state index contributed by atoms with van der Waals surface area (Å²) in [5, 5.41) is 3.31. The van der Waals surface area contributed by atoms with Crippen LogP contribution in [0.5, 0.6) is 0 Å². The number of benzene rings is 2. The van der Waals surface area contributed by atoms with Crippen molar-refractivity contribution in [2.75, 3.05) is 5.32 Å². The Bertz CT molecular complexity index is 669. The summed E-state index contributed by atoms with van der Waals surface area (Å²) in [5.74, 6) is 0.523. The molecule has 2 aromatic rings. The van der Waals surface area contributed by atoms with Gasteiger partial charge in [0.25, 0.3) is 0 Å². The molecule has 0 aromatic heterocycles. The van der Waals surface area contributed by atoms with E-state index in [2.05, 4.69) is 16.4 Å². The third-order valence-electron chi connectivity index (χ3n) is 3.17. The predicted molar refractivity (Wildman–Crippen MR) is 79.0 cm³/mol. The van der Waals surface area contributed by atoms with Crippen LogP contribution in [0.2, 0.25) is 0 Å². The number of aliphatic imine (C=N–C) groups is 1. The first-order valence-electron chi connectivity index (χ1n) is 6.22. The molecule has 0 aliphatic carbocycles. The van der Waals surface area contributed by atoms with Crippen LogP contribution in [0.3, 0.4) is 0 Å². The highest BCUT2D eigenvalue weighted by Crippen LogP contribution is 2.25. The summed E-state index contributed by atoms with van der Waals surface area (Å²) in [7, 11) is 0. The van der Waals surface area contributed by atoms with Crippen LogP contribution in [0.15, 0.2) is 71.1 Å². The molecule has 0 saturated carbocycles. The number of nitrogens with zero attached hydrogens (tertiary/aromatic N) is 1. The predicted octanol–water partition coefficient (Wildman–Crippen LogP) is 3.10. The lowest BCUT2D eigenvalue weighted by molar-refractivity contribution is 1.16. The number of hydrogen-bond acceptors (Lipinski definition) is 3. The molecule has 2 aromatic carbocycles. The van der Waals surface area contributed by atoms with E-state index in [9.17, 15) is 0 Å². The fourth-order valence-electron chi connectivity index (χ4n) is 2.15. The Kier molecular flexibility index (Phi) is 2.80. The number of para-hydroxylation sites is 1. The van der Waals surface area contributed by atoms with Gasteiger partial charge in [0.2, 0.25) is 0 Å². The van der Waals surface area contributed by atoms with Crippen molar-refractivity contribution in [1.29, 1.82) is 0 Å². The van der Waals surface area contributed by atoms with E-state index in [-0.39, 0.29) is 0 Å². The molecule has 3 rings (SSSR count). The standard InChI is InChI=1S/C16H15N3/c1-11-16(17)19-15(12-7-3-2-4-8-12)13-9-5-6-10-14(13)18-11/h2-10,18H,17H2,1H3. The average molecular weight is 249 g/mol. The van der Waals surface area contributed by atoms with Gasteiger partial charge >= 0.3 is 0 Å². The van der Waals surface area contributed by atoms with E-state index in [0.717, 1.165) is 28.2 Å². The van der Waals surface area contributed by atoms with Crippen molar-refractivity contribution >= 4 is 11.4 Å². The fourth-order valence-corrected chi connectivity index (χ4v) is 2.15. The third-order valence-corrected chi connectivity index (χ3v) is 3.17. The zero-order valence-corrected chi connectivity index (χ0v) is 10.7. The second-order valence-corrected chi connectivity index (χ2v) is 4.51. The zero-order chi connectivity index (χ0) is 13.2. The number of rotatable bonds is 1. The number of anilines is 1. The highest BCUT2D eigenvalue weighted by atomic mass is 15.0. The van der Waals surface area contributed by atoms with Gasteiger partial charge in [-0.05, 0) is 13.0 Å². The van der Waals surface area contributed by atoms with Crippen LogP contribution in [0.1, 0.15) is 18.1 Å². The Hall–Kier alpha value is -2.55. The topological polar surface area (TPSA) is 50.4 Å². The zero-order valence-electron chi connectivity index (χ0n) is 10.7. The summed E-state index contributed by atoms with van der Waals surface area (Å²) < 4.78 is 0. The second-order valence-electron chi connectivity index (χ2n) is 4.51. The summed E-state index contributed by atoms with van der Waals surface area (Å²) >= 11 is 0. The molecule has 0 unspecified atom stereocenters. The molecule has 1 aliphatic rings. The monoisotopic (exact) mass is 249 g/mol. The molecule has 3 nitrogen and oxygen atoms in total. The van der Waals surface area contributed by atoms with Crippen LogP contribution in [-0.4, -0.2) is 5.71 Å². The lowest BCUT2D eigenvalue weighted by Crippen LogP contribution is -2.05. The number of fused-ring (bicyclic) bond motifs is 1. The van der Waals surface area contributed by atoms with Crippen LogP contribution in [0.25, 0.3) is 0 Å². The molecule has 1 heterocycles. The summed E-state index contributed by atoms with van der Waals surface area (Å²) in [6.45, 7) is 1.93. The highest BCUT2D eigenvalue weighted by molar-refractivity contribution is 6.16. The molecule has 0 spiro atoms. The number of hydrogen-bond donors (Lipinski definition) is 2. The lowest BCUT2D eigenvalue weighted by Gasteiger charge is -2.10. The lowest BCUT2D eigenvalue weighted by atomic mass is 10.0. The maximum absolute atomic E-state index is 6.02. The maximum Gasteiger partial charge on any atom is 0.143 e. The molecule has 0 radical (unpaired) electrons. The molecule has 0 saturated heterocycles. The number of nitrogens with one attached hydrogen (secondary N) is 1. The molecular formula is C16H15N3. The molecular weight excluding hydrogens is 234 g/mol. The molecule has 3 heteroatoms. The highest BCUT2D eigenvalue weighted by Gasteiger charge is 2.15. The maximum atomic E-state index is 6.02. The summed E-state index contributed by atoms with van der Waals surface area (Å²) in [4.78, 5) is 4.58. The summed E-state index contributed by atoms with van der Waals surface area (Å²) in [5.41, 5.74) is 10.9. The van der Waals surface area contributed by atoms with Gasteiger partial charge in [-0.25, -0.2) is 4.99 Å². The van der Waals surface area contributed by atoms with Gasteiger partial charge in [0.15, 0.2) is 0 Å². The van der Waals surface area contributed by atoms with Crippen molar-refractivity contribution < 1.29 is 0 Å². The number of nitrogens with two attached hydrogens (primary N) is 1. The smallest absolute Gasteiger partial charge is 0.143 e. The first kappa shape index (κ1) is 11.5. The Labute approximate surface area is 112 Å². The Morgan fingerprint density at radius 1 is 0.947 bits per heavy atom. The molecule has 0 bridgehead atoms. The van der Waals surface area contributed by atoms with Crippen molar-refractivity contribution in [2.24, 2.45) is 10.7 Å². The number of allylic oxidation sites excluding steroid dienone is 1. The van der Waals surface area contributed by atoms with Crippen molar-refractivity contribution in [1.82, 2.24) is 0 Å². The van der Waals surface area contributed by atoms with E-state index in [1.807, 2.05) is 55.5 Å². The van der Waals surface area contributed by atoms with E-state index in [1.165, 1.54) is 0 Å². The largest absolute Gasteiger partial charge is 0.382 e. The van der Waals surface area contributed by atoms with Crippen molar-refractivity contribution in [3.05, 3.63) is 77.2 Å². The van der Waals surface area contributed by atoms with Crippen LogP contribution < -0.4 is 11.1 Å².